The molecule has 1 saturated heterocycles. The lowest BCUT2D eigenvalue weighted by atomic mass is 10.2. The van der Waals surface area contributed by atoms with Crippen LogP contribution in [0.5, 0.6) is 0 Å². The highest BCUT2D eigenvalue weighted by Crippen LogP contribution is 2.26. The zero-order valence-electron chi connectivity index (χ0n) is 19.0. The second-order valence-electron chi connectivity index (χ2n) is 8.37. The van der Waals surface area contributed by atoms with Crippen LogP contribution in [0.25, 0.3) is 17.1 Å². The van der Waals surface area contributed by atoms with Crippen molar-refractivity contribution < 1.29 is 9.72 Å². The second kappa shape index (κ2) is 9.27. The summed E-state index contributed by atoms with van der Waals surface area (Å²) in [5.41, 5.74) is 3.24. The maximum Gasteiger partial charge on any atom is 0.272 e. The van der Waals surface area contributed by atoms with Crippen molar-refractivity contribution in [3.8, 4) is 17.1 Å². The molecule has 0 aliphatic carbocycles. The summed E-state index contributed by atoms with van der Waals surface area (Å²) in [7, 11) is 1.90. The highest BCUT2D eigenvalue weighted by molar-refractivity contribution is 6.30. The first kappa shape index (κ1) is 22.7. The Morgan fingerprint density at radius 3 is 2.40 bits per heavy atom. The molecule has 4 aromatic rings. The van der Waals surface area contributed by atoms with Gasteiger partial charge in [-0.15, -0.1) is 0 Å². The molecule has 0 radical (unpaired) electrons. The first-order chi connectivity index (χ1) is 16.9. The zero-order valence-corrected chi connectivity index (χ0v) is 19.8. The SMILES string of the molecule is Cn1cccc1-c1cc(C(=O)N2CCN(c3cccc(Cl)c3)CC2)n(-c2cccc([N+](=O)[O-])c2)n1. The van der Waals surface area contributed by atoms with Crippen LogP contribution in [0.3, 0.4) is 0 Å². The molecule has 9 nitrogen and oxygen atoms in total. The predicted molar refractivity (Wildman–Crippen MR) is 134 cm³/mol. The second-order valence-corrected chi connectivity index (χ2v) is 8.80. The predicted octanol–water partition coefficient (Wildman–Crippen LogP) is 4.40. The third kappa shape index (κ3) is 4.50. The van der Waals surface area contributed by atoms with Crippen molar-refractivity contribution in [2.75, 3.05) is 31.1 Å². The summed E-state index contributed by atoms with van der Waals surface area (Å²) in [6.45, 7) is 2.40. The Bertz CT molecular complexity index is 1400. The maximum atomic E-state index is 13.7. The fraction of sp³-hybridized carbons (Fsp3) is 0.200. The number of anilines is 1. The summed E-state index contributed by atoms with van der Waals surface area (Å²) in [6.07, 6.45) is 1.90. The first-order valence-corrected chi connectivity index (χ1v) is 11.5. The average Bonchev–Trinajstić information content (AvgIpc) is 3.50. The summed E-state index contributed by atoms with van der Waals surface area (Å²) in [6, 6.07) is 19.4. The van der Waals surface area contributed by atoms with Crippen LogP contribution in [0.15, 0.2) is 72.9 Å². The molecule has 2 aromatic heterocycles. The number of non-ortho nitro benzene ring substituents is 1. The Kier molecular flexibility index (Phi) is 6.00. The van der Waals surface area contributed by atoms with Crippen LogP contribution in [0.1, 0.15) is 10.5 Å². The number of carbonyl (C=O) groups excluding carboxylic acids is 1. The molecule has 1 aliphatic rings. The highest BCUT2D eigenvalue weighted by atomic mass is 35.5. The van der Waals surface area contributed by atoms with Crippen molar-refractivity contribution in [3.05, 3.63) is 93.8 Å². The Balaban J connectivity index is 1.46. The Labute approximate surface area is 206 Å². The number of rotatable bonds is 5. The molecule has 0 saturated carbocycles. The summed E-state index contributed by atoms with van der Waals surface area (Å²) in [5.74, 6) is -0.171. The molecule has 178 valence electrons. The molecule has 0 unspecified atom stereocenters. The molecule has 35 heavy (non-hydrogen) atoms. The molecule has 2 aromatic carbocycles. The number of aromatic nitrogens is 3. The Morgan fingerprint density at radius 2 is 1.71 bits per heavy atom. The number of benzene rings is 2. The molecule has 0 atom stereocenters. The van der Waals surface area contributed by atoms with Gasteiger partial charge >= 0.3 is 0 Å². The van der Waals surface area contributed by atoms with E-state index in [4.69, 9.17) is 11.6 Å². The van der Waals surface area contributed by atoms with E-state index in [2.05, 4.69) is 10.00 Å². The molecule has 0 bridgehead atoms. The molecule has 5 rings (SSSR count). The Hall–Kier alpha value is -4.11. The smallest absolute Gasteiger partial charge is 0.272 e. The van der Waals surface area contributed by atoms with E-state index in [1.54, 1.807) is 23.1 Å². The zero-order chi connectivity index (χ0) is 24.5. The van der Waals surface area contributed by atoms with Gasteiger partial charge in [0.2, 0.25) is 0 Å². The van der Waals surface area contributed by atoms with Crippen LogP contribution >= 0.6 is 11.6 Å². The number of piperazine rings is 1. The molecular weight excluding hydrogens is 468 g/mol. The lowest BCUT2D eigenvalue weighted by Crippen LogP contribution is -2.49. The Morgan fingerprint density at radius 1 is 0.971 bits per heavy atom. The summed E-state index contributed by atoms with van der Waals surface area (Å²) in [4.78, 5) is 28.5. The third-order valence-corrected chi connectivity index (χ3v) is 6.40. The van der Waals surface area contributed by atoms with Crippen LogP contribution in [0.2, 0.25) is 5.02 Å². The molecule has 10 heteroatoms. The maximum absolute atomic E-state index is 13.7. The summed E-state index contributed by atoms with van der Waals surface area (Å²) in [5, 5.41) is 16.7. The minimum absolute atomic E-state index is 0.0630. The van der Waals surface area contributed by atoms with Crippen molar-refractivity contribution in [1.29, 1.82) is 0 Å². The molecule has 1 amide bonds. The number of aryl methyl sites for hydroxylation is 1. The van der Waals surface area contributed by atoms with E-state index in [1.807, 2.05) is 54.2 Å². The van der Waals surface area contributed by atoms with E-state index in [-0.39, 0.29) is 11.6 Å². The molecule has 1 fully saturated rings. The minimum Gasteiger partial charge on any atom is -0.368 e. The van der Waals surface area contributed by atoms with Crippen molar-refractivity contribution in [1.82, 2.24) is 19.2 Å². The van der Waals surface area contributed by atoms with E-state index in [1.165, 1.54) is 16.8 Å². The van der Waals surface area contributed by atoms with Crippen molar-refractivity contribution in [2.24, 2.45) is 7.05 Å². The lowest BCUT2D eigenvalue weighted by molar-refractivity contribution is -0.384. The van der Waals surface area contributed by atoms with Crippen LogP contribution in [0.4, 0.5) is 11.4 Å². The molecule has 0 spiro atoms. The molecular formula is C25H23ClN6O3. The van der Waals surface area contributed by atoms with Gasteiger partial charge in [-0.1, -0.05) is 23.7 Å². The van der Waals surface area contributed by atoms with Crippen LogP contribution in [0, 0.1) is 10.1 Å². The first-order valence-electron chi connectivity index (χ1n) is 11.2. The quantitative estimate of drug-likeness (QED) is 0.305. The third-order valence-electron chi connectivity index (χ3n) is 6.16. The van der Waals surface area contributed by atoms with Crippen LogP contribution in [-0.2, 0) is 7.05 Å². The molecule has 1 aliphatic heterocycles. The highest BCUT2D eigenvalue weighted by Gasteiger charge is 2.27. The number of nitro groups is 1. The van der Waals surface area contributed by atoms with Gasteiger partial charge in [0.25, 0.3) is 11.6 Å². The van der Waals surface area contributed by atoms with E-state index in [0.717, 1.165) is 11.4 Å². The van der Waals surface area contributed by atoms with Gasteiger partial charge in [0.05, 0.1) is 16.3 Å². The largest absolute Gasteiger partial charge is 0.368 e. The van der Waals surface area contributed by atoms with Gasteiger partial charge in [0.1, 0.15) is 11.4 Å². The number of hydrogen-bond donors (Lipinski definition) is 0. The van der Waals surface area contributed by atoms with Gasteiger partial charge in [0, 0.05) is 62.3 Å². The number of halogens is 1. The van der Waals surface area contributed by atoms with E-state index < -0.39 is 4.92 Å². The van der Waals surface area contributed by atoms with E-state index in [9.17, 15) is 14.9 Å². The van der Waals surface area contributed by atoms with Gasteiger partial charge < -0.3 is 14.4 Å². The van der Waals surface area contributed by atoms with E-state index >= 15 is 0 Å². The van der Waals surface area contributed by atoms with E-state index in [0.29, 0.717) is 48.3 Å². The van der Waals surface area contributed by atoms with Gasteiger partial charge in [-0.2, -0.15) is 5.10 Å². The minimum atomic E-state index is -0.457. The van der Waals surface area contributed by atoms with Gasteiger partial charge in [0.15, 0.2) is 0 Å². The fourth-order valence-electron chi connectivity index (χ4n) is 4.32. The van der Waals surface area contributed by atoms with Gasteiger partial charge in [-0.3, -0.25) is 14.9 Å². The van der Waals surface area contributed by atoms with Crippen LogP contribution in [-0.4, -0.2) is 56.3 Å². The monoisotopic (exact) mass is 490 g/mol. The lowest BCUT2D eigenvalue weighted by Gasteiger charge is -2.36. The number of nitrogens with zero attached hydrogens (tertiary/aromatic N) is 6. The average molecular weight is 491 g/mol. The topological polar surface area (TPSA) is 89.4 Å². The molecule has 0 N–H and O–H groups in total. The van der Waals surface area contributed by atoms with Crippen LogP contribution < -0.4 is 4.90 Å². The summed E-state index contributed by atoms with van der Waals surface area (Å²) < 4.78 is 3.42. The standard InChI is InChI=1S/C25H23ClN6O3/c1-28-10-4-9-23(28)22-17-24(31(27-22)20-7-3-8-21(16-20)32(34)35)25(33)30-13-11-29(12-14-30)19-6-2-5-18(26)15-19/h2-10,15-17H,11-14H2,1H3. The van der Waals surface area contributed by atoms with Crippen molar-refractivity contribution in [3.63, 3.8) is 0 Å². The fourth-order valence-corrected chi connectivity index (χ4v) is 4.51. The summed E-state index contributed by atoms with van der Waals surface area (Å²) >= 11 is 6.14. The number of amides is 1. The van der Waals surface area contributed by atoms with Gasteiger partial charge in [-0.05, 0) is 42.5 Å². The number of carbonyl (C=O) groups is 1. The molecule has 3 heterocycles. The van der Waals surface area contributed by atoms with Crippen molar-refractivity contribution >= 4 is 28.9 Å². The normalized spacial score (nSPS) is 13.8. The van der Waals surface area contributed by atoms with Crippen molar-refractivity contribution in [2.45, 2.75) is 0 Å². The number of nitro benzene ring substituents is 1. The van der Waals surface area contributed by atoms with Gasteiger partial charge in [-0.25, -0.2) is 4.68 Å². The number of hydrogen-bond acceptors (Lipinski definition) is 5.